The molecule has 2 unspecified atom stereocenters. The van der Waals surface area contributed by atoms with Crippen molar-refractivity contribution in [2.75, 3.05) is 6.54 Å². The van der Waals surface area contributed by atoms with Crippen molar-refractivity contribution in [2.24, 2.45) is 0 Å². The fourth-order valence-electron chi connectivity index (χ4n) is 2.22. The van der Waals surface area contributed by atoms with E-state index in [0.717, 1.165) is 11.6 Å². The molecule has 2 rings (SSSR count). The molecule has 1 aromatic carbocycles. The number of nitrogens with one attached hydrogen (secondary N) is 1. The molecule has 21 heavy (non-hydrogen) atoms. The third-order valence-corrected chi connectivity index (χ3v) is 3.39. The summed E-state index contributed by atoms with van der Waals surface area (Å²) >= 11 is 0. The normalized spacial score (nSPS) is 13.9. The Bertz CT molecular complexity index is 578. The van der Waals surface area contributed by atoms with Crippen LogP contribution in [-0.4, -0.2) is 16.6 Å². The lowest BCUT2D eigenvalue weighted by atomic mass is 10.0. The number of rotatable bonds is 6. The first-order chi connectivity index (χ1) is 10.1. The van der Waals surface area contributed by atoms with Gasteiger partial charge in [0.2, 0.25) is 0 Å². The summed E-state index contributed by atoms with van der Waals surface area (Å²) in [5, 5.41) is 13.2. The molecule has 1 aromatic heterocycles. The van der Waals surface area contributed by atoms with Crippen molar-refractivity contribution in [3.8, 4) is 0 Å². The Labute approximate surface area is 122 Å². The van der Waals surface area contributed by atoms with Gasteiger partial charge in [-0.25, -0.2) is 8.78 Å². The largest absolute Gasteiger partial charge is 0.387 e. The molecule has 2 N–H and O–H groups in total. The third kappa shape index (κ3) is 4.06. The van der Waals surface area contributed by atoms with E-state index < -0.39 is 17.7 Å². The highest BCUT2D eigenvalue weighted by atomic mass is 19.1. The Morgan fingerprint density at radius 2 is 1.90 bits per heavy atom. The van der Waals surface area contributed by atoms with Crippen molar-refractivity contribution in [1.82, 2.24) is 10.3 Å². The van der Waals surface area contributed by atoms with Crippen molar-refractivity contribution in [2.45, 2.75) is 25.5 Å². The lowest BCUT2D eigenvalue weighted by molar-refractivity contribution is 0.169. The van der Waals surface area contributed by atoms with E-state index in [-0.39, 0.29) is 12.6 Å². The fraction of sp³-hybridized carbons (Fsp3) is 0.312. The van der Waals surface area contributed by atoms with Crippen molar-refractivity contribution >= 4 is 0 Å². The molecular weight excluding hydrogens is 274 g/mol. The molecule has 0 bridgehead atoms. The first kappa shape index (κ1) is 15.5. The van der Waals surface area contributed by atoms with Gasteiger partial charge in [0.15, 0.2) is 0 Å². The van der Waals surface area contributed by atoms with E-state index in [0.29, 0.717) is 12.0 Å². The van der Waals surface area contributed by atoms with Crippen molar-refractivity contribution in [1.29, 1.82) is 0 Å². The Hall–Kier alpha value is -1.85. The topological polar surface area (TPSA) is 45.1 Å². The van der Waals surface area contributed by atoms with Gasteiger partial charge in [-0.05, 0) is 30.2 Å². The number of benzene rings is 1. The summed E-state index contributed by atoms with van der Waals surface area (Å²) in [7, 11) is 0. The lowest BCUT2D eigenvalue weighted by Gasteiger charge is -2.20. The van der Waals surface area contributed by atoms with E-state index in [2.05, 4.69) is 10.3 Å². The van der Waals surface area contributed by atoms with Gasteiger partial charge in [0, 0.05) is 36.6 Å². The zero-order valence-corrected chi connectivity index (χ0v) is 11.8. The number of hydrogen-bond donors (Lipinski definition) is 2. The highest BCUT2D eigenvalue weighted by Gasteiger charge is 2.16. The molecular formula is C16H18F2N2O. The lowest BCUT2D eigenvalue weighted by Crippen LogP contribution is -2.27. The van der Waals surface area contributed by atoms with Gasteiger partial charge in [0.1, 0.15) is 11.6 Å². The number of nitrogens with zero attached hydrogens (tertiary/aromatic N) is 1. The quantitative estimate of drug-likeness (QED) is 0.860. The van der Waals surface area contributed by atoms with Gasteiger partial charge in [-0.1, -0.05) is 13.0 Å². The smallest absolute Gasteiger partial charge is 0.130 e. The average molecular weight is 292 g/mol. The molecule has 1 heterocycles. The minimum absolute atomic E-state index is 0.276. The summed E-state index contributed by atoms with van der Waals surface area (Å²) in [5.41, 5.74) is 1.15. The first-order valence-corrected chi connectivity index (χ1v) is 6.88. The summed E-state index contributed by atoms with van der Waals surface area (Å²) in [6, 6.07) is 6.73. The maximum Gasteiger partial charge on any atom is 0.130 e. The zero-order chi connectivity index (χ0) is 15.2. The minimum atomic E-state index is -0.703. The van der Waals surface area contributed by atoms with E-state index in [1.54, 1.807) is 24.5 Å². The molecule has 0 spiro atoms. The predicted octanol–water partition coefficient (Wildman–Crippen LogP) is 3.13. The van der Waals surface area contributed by atoms with Crippen LogP contribution in [0.2, 0.25) is 0 Å². The molecule has 5 heteroatoms. The molecule has 112 valence electrons. The van der Waals surface area contributed by atoms with Crippen LogP contribution in [0.25, 0.3) is 0 Å². The van der Waals surface area contributed by atoms with Crippen LogP contribution in [0.15, 0.2) is 42.7 Å². The van der Waals surface area contributed by atoms with Crippen molar-refractivity contribution in [3.05, 3.63) is 65.5 Å². The van der Waals surface area contributed by atoms with E-state index in [1.165, 1.54) is 12.1 Å². The molecule has 0 saturated carbocycles. The second kappa shape index (κ2) is 7.24. The molecule has 0 aliphatic carbocycles. The van der Waals surface area contributed by atoms with Crippen LogP contribution in [0.3, 0.4) is 0 Å². The van der Waals surface area contributed by atoms with Gasteiger partial charge in [-0.3, -0.25) is 4.98 Å². The molecule has 3 nitrogen and oxygen atoms in total. The monoisotopic (exact) mass is 292 g/mol. The molecule has 2 aromatic rings. The van der Waals surface area contributed by atoms with Gasteiger partial charge in [0.25, 0.3) is 0 Å². The van der Waals surface area contributed by atoms with Crippen LogP contribution < -0.4 is 5.32 Å². The Balaban J connectivity index is 2.03. The standard InChI is InChI=1S/C16H18F2N2O/c1-2-15(13-4-3-12(17)9-14(13)18)20-10-16(21)11-5-7-19-8-6-11/h3-9,15-16,20-21H,2,10H2,1H3. The van der Waals surface area contributed by atoms with Crippen LogP contribution in [0, 0.1) is 11.6 Å². The van der Waals surface area contributed by atoms with Crippen LogP contribution in [0.1, 0.15) is 36.6 Å². The molecule has 0 saturated heterocycles. The summed E-state index contributed by atoms with van der Waals surface area (Å²) in [4.78, 5) is 3.89. The number of aliphatic hydroxyl groups is 1. The highest BCUT2D eigenvalue weighted by molar-refractivity contribution is 5.22. The molecule has 2 atom stereocenters. The van der Waals surface area contributed by atoms with Crippen LogP contribution in [0.5, 0.6) is 0 Å². The molecule has 0 radical (unpaired) electrons. The van der Waals surface area contributed by atoms with Gasteiger partial charge < -0.3 is 10.4 Å². The van der Waals surface area contributed by atoms with Gasteiger partial charge in [0.05, 0.1) is 6.10 Å². The fourth-order valence-corrected chi connectivity index (χ4v) is 2.22. The van der Waals surface area contributed by atoms with Gasteiger partial charge in [-0.2, -0.15) is 0 Å². The highest BCUT2D eigenvalue weighted by Crippen LogP contribution is 2.22. The summed E-state index contributed by atoms with van der Waals surface area (Å²) in [6.07, 6.45) is 3.14. The molecule has 0 amide bonds. The van der Waals surface area contributed by atoms with Gasteiger partial charge >= 0.3 is 0 Å². The van der Waals surface area contributed by atoms with E-state index in [4.69, 9.17) is 0 Å². The molecule has 0 aliphatic heterocycles. The van der Waals surface area contributed by atoms with Crippen molar-refractivity contribution < 1.29 is 13.9 Å². The van der Waals surface area contributed by atoms with E-state index in [9.17, 15) is 13.9 Å². The van der Waals surface area contributed by atoms with E-state index in [1.807, 2.05) is 6.92 Å². The van der Waals surface area contributed by atoms with Crippen LogP contribution in [0.4, 0.5) is 8.78 Å². The third-order valence-electron chi connectivity index (χ3n) is 3.39. The maximum absolute atomic E-state index is 13.8. The maximum atomic E-state index is 13.8. The summed E-state index contributed by atoms with van der Waals surface area (Å²) in [5.74, 6) is -1.17. The van der Waals surface area contributed by atoms with Crippen LogP contribution in [-0.2, 0) is 0 Å². The van der Waals surface area contributed by atoms with Crippen molar-refractivity contribution in [3.63, 3.8) is 0 Å². The van der Waals surface area contributed by atoms with Gasteiger partial charge in [-0.15, -0.1) is 0 Å². The Morgan fingerprint density at radius 3 is 2.52 bits per heavy atom. The summed E-state index contributed by atoms with van der Waals surface area (Å²) in [6.45, 7) is 2.18. The average Bonchev–Trinajstić information content (AvgIpc) is 2.50. The minimum Gasteiger partial charge on any atom is -0.387 e. The first-order valence-electron chi connectivity index (χ1n) is 6.88. The zero-order valence-electron chi connectivity index (χ0n) is 11.8. The number of hydrogen-bond acceptors (Lipinski definition) is 3. The Kier molecular flexibility index (Phi) is 5.36. The molecule has 0 aliphatic rings. The Morgan fingerprint density at radius 1 is 1.19 bits per heavy atom. The second-order valence-electron chi connectivity index (χ2n) is 4.83. The molecule has 0 fully saturated rings. The second-order valence-corrected chi connectivity index (χ2v) is 4.83. The van der Waals surface area contributed by atoms with E-state index >= 15 is 0 Å². The SMILES string of the molecule is CCC(NCC(O)c1ccncc1)c1ccc(F)cc1F. The number of aromatic nitrogens is 1. The number of pyridine rings is 1. The van der Waals surface area contributed by atoms with Crippen LogP contribution >= 0.6 is 0 Å². The summed E-state index contributed by atoms with van der Waals surface area (Å²) < 4.78 is 26.7. The predicted molar refractivity (Wildman–Crippen MR) is 76.6 cm³/mol. The number of halogens is 2. The number of aliphatic hydroxyl groups excluding tert-OH is 1.